The van der Waals surface area contributed by atoms with Gasteiger partial charge in [0.2, 0.25) is 0 Å². The van der Waals surface area contributed by atoms with Gasteiger partial charge in [0.1, 0.15) is 17.3 Å². The van der Waals surface area contributed by atoms with E-state index in [4.69, 9.17) is 0 Å². The van der Waals surface area contributed by atoms with E-state index < -0.39 is 0 Å². The van der Waals surface area contributed by atoms with E-state index in [9.17, 15) is 13.6 Å². The Kier molecular flexibility index (Phi) is 5.37. The maximum atomic E-state index is 13.8. The van der Waals surface area contributed by atoms with Gasteiger partial charge in [0, 0.05) is 43.8 Å². The molecular weight excluding hydrogens is 374 g/mol. The summed E-state index contributed by atoms with van der Waals surface area (Å²) in [6.45, 7) is 2.40. The van der Waals surface area contributed by atoms with Crippen molar-refractivity contribution >= 4 is 23.0 Å². The third kappa shape index (κ3) is 4.34. The van der Waals surface area contributed by atoms with Crippen LogP contribution in [0, 0.1) is 11.6 Å². The number of amides is 1. The van der Waals surface area contributed by atoms with E-state index in [2.05, 4.69) is 15.2 Å². The van der Waals surface area contributed by atoms with Gasteiger partial charge in [-0.1, -0.05) is 12.1 Å². The Morgan fingerprint density at radius 1 is 0.931 bits per heavy atom. The highest BCUT2D eigenvalue weighted by Crippen LogP contribution is 2.21. The van der Waals surface area contributed by atoms with E-state index in [0.717, 1.165) is 5.69 Å². The van der Waals surface area contributed by atoms with Gasteiger partial charge in [0.05, 0.1) is 5.69 Å². The van der Waals surface area contributed by atoms with Crippen LogP contribution < -0.4 is 10.2 Å². The molecule has 1 amide bonds. The number of nitrogens with one attached hydrogen (secondary N) is 1. The number of pyridine rings is 1. The molecule has 1 aromatic heterocycles. The SMILES string of the molecule is O=C(c1cc(Nc2ccccc2F)ccn1)N1CCN(c2ccc(F)cc2)CC1. The molecule has 5 nitrogen and oxygen atoms in total. The fourth-order valence-electron chi connectivity index (χ4n) is 3.32. The minimum atomic E-state index is -0.367. The largest absolute Gasteiger partial charge is 0.368 e. The van der Waals surface area contributed by atoms with Crippen molar-refractivity contribution in [3.63, 3.8) is 0 Å². The molecule has 1 aliphatic heterocycles. The molecule has 0 spiro atoms. The van der Waals surface area contributed by atoms with Gasteiger partial charge < -0.3 is 15.1 Å². The first-order chi connectivity index (χ1) is 14.1. The van der Waals surface area contributed by atoms with Crippen molar-refractivity contribution in [2.24, 2.45) is 0 Å². The van der Waals surface area contributed by atoms with Gasteiger partial charge in [-0.05, 0) is 48.5 Å². The van der Waals surface area contributed by atoms with Crippen molar-refractivity contribution in [1.29, 1.82) is 0 Å². The molecule has 2 aromatic carbocycles. The number of hydrogen-bond donors (Lipinski definition) is 1. The smallest absolute Gasteiger partial charge is 0.272 e. The monoisotopic (exact) mass is 394 g/mol. The maximum absolute atomic E-state index is 13.8. The minimum absolute atomic E-state index is 0.166. The number of benzene rings is 2. The van der Waals surface area contributed by atoms with Crippen LogP contribution in [0.15, 0.2) is 66.9 Å². The van der Waals surface area contributed by atoms with Gasteiger partial charge in [-0.2, -0.15) is 0 Å². The van der Waals surface area contributed by atoms with Crippen molar-refractivity contribution < 1.29 is 13.6 Å². The van der Waals surface area contributed by atoms with Crippen LogP contribution in [0.25, 0.3) is 0 Å². The van der Waals surface area contributed by atoms with Crippen LogP contribution in [-0.2, 0) is 0 Å². The van der Waals surface area contributed by atoms with Crippen LogP contribution in [0.1, 0.15) is 10.5 Å². The Labute approximate surface area is 167 Å². The number of aromatic nitrogens is 1. The van der Waals surface area contributed by atoms with E-state index in [1.54, 1.807) is 47.4 Å². The van der Waals surface area contributed by atoms with Crippen molar-refractivity contribution in [3.8, 4) is 0 Å². The van der Waals surface area contributed by atoms with Crippen LogP contribution in [0.3, 0.4) is 0 Å². The summed E-state index contributed by atoms with van der Waals surface area (Å²) in [4.78, 5) is 20.9. The number of para-hydroxylation sites is 1. The minimum Gasteiger partial charge on any atom is -0.368 e. The second-order valence-electron chi connectivity index (χ2n) is 6.79. The number of anilines is 3. The summed E-state index contributed by atoms with van der Waals surface area (Å²) < 4.78 is 26.9. The number of halogens is 2. The fourth-order valence-corrected chi connectivity index (χ4v) is 3.32. The lowest BCUT2D eigenvalue weighted by atomic mass is 10.2. The molecule has 0 atom stereocenters. The Morgan fingerprint density at radius 3 is 2.38 bits per heavy atom. The van der Waals surface area contributed by atoms with Crippen LogP contribution in [0.5, 0.6) is 0 Å². The van der Waals surface area contributed by atoms with Gasteiger partial charge in [-0.15, -0.1) is 0 Å². The summed E-state index contributed by atoms with van der Waals surface area (Å²) in [5.74, 6) is -0.799. The van der Waals surface area contributed by atoms with Crippen LogP contribution in [0.2, 0.25) is 0 Å². The highest BCUT2D eigenvalue weighted by Gasteiger charge is 2.23. The molecule has 29 heavy (non-hydrogen) atoms. The zero-order chi connectivity index (χ0) is 20.2. The van der Waals surface area contributed by atoms with E-state index in [1.165, 1.54) is 24.4 Å². The van der Waals surface area contributed by atoms with Crippen molar-refractivity contribution in [2.45, 2.75) is 0 Å². The Morgan fingerprint density at radius 2 is 1.66 bits per heavy atom. The average Bonchev–Trinajstić information content (AvgIpc) is 2.76. The number of hydrogen-bond acceptors (Lipinski definition) is 4. The summed E-state index contributed by atoms with van der Waals surface area (Å²) in [5.41, 5.74) is 2.18. The number of nitrogens with zero attached hydrogens (tertiary/aromatic N) is 3. The molecule has 1 saturated heterocycles. The molecule has 3 aromatic rings. The number of piperazine rings is 1. The molecular formula is C22H20F2N4O. The van der Waals surface area contributed by atoms with Gasteiger partial charge >= 0.3 is 0 Å². The lowest BCUT2D eigenvalue weighted by Gasteiger charge is -2.36. The summed E-state index contributed by atoms with van der Waals surface area (Å²) in [6.07, 6.45) is 1.53. The van der Waals surface area contributed by atoms with Crippen LogP contribution in [0.4, 0.5) is 25.8 Å². The molecule has 4 rings (SSSR count). The first-order valence-corrected chi connectivity index (χ1v) is 9.37. The first-order valence-electron chi connectivity index (χ1n) is 9.37. The maximum Gasteiger partial charge on any atom is 0.272 e. The van der Waals surface area contributed by atoms with Gasteiger partial charge in [0.15, 0.2) is 0 Å². The highest BCUT2D eigenvalue weighted by atomic mass is 19.1. The highest BCUT2D eigenvalue weighted by molar-refractivity contribution is 5.93. The molecule has 0 unspecified atom stereocenters. The van der Waals surface area contributed by atoms with E-state index >= 15 is 0 Å². The predicted octanol–water partition coefficient (Wildman–Crippen LogP) is 4.07. The normalized spacial score (nSPS) is 14.0. The summed E-state index contributed by atoms with van der Waals surface area (Å²) in [5, 5.41) is 2.98. The zero-order valence-electron chi connectivity index (χ0n) is 15.7. The second-order valence-corrected chi connectivity index (χ2v) is 6.79. The molecule has 2 heterocycles. The summed E-state index contributed by atoms with van der Waals surface area (Å²) in [6, 6.07) is 16.0. The van der Waals surface area contributed by atoms with Crippen molar-refractivity contribution in [3.05, 3.63) is 84.2 Å². The Bertz CT molecular complexity index is 1000. The predicted molar refractivity (Wildman–Crippen MR) is 108 cm³/mol. The van der Waals surface area contributed by atoms with Crippen molar-refractivity contribution in [2.75, 3.05) is 36.4 Å². The Balaban J connectivity index is 1.41. The van der Waals surface area contributed by atoms with E-state index in [1.807, 2.05) is 0 Å². The summed E-state index contributed by atoms with van der Waals surface area (Å²) >= 11 is 0. The molecule has 0 aliphatic carbocycles. The molecule has 7 heteroatoms. The molecule has 1 fully saturated rings. The van der Waals surface area contributed by atoms with Gasteiger partial charge in [0.25, 0.3) is 5.91 Å². The zero-order valence-corrected chi connectivity index (χ0v) is 15.7. The second kappa shape index (κ2) is 8.26. The lowest BCUT2D eigenvalue weighted by molar-refractivity contribution is 0.0741. The topological polar surface area (TPSA) is 48.5 Å². The average molecular weight is 394 g/mol. The molecule has 0 saturated carbocycles. The van der Waals surface area contributed by atoms with Crippen LogP contribution in [-0.4, -0.2) is 42.0 Å². The third-order valence-electron chi connectivity index (χ3n) is 4.89. The first kappa shape index (κ1) is 18.9. The molecule has 0 radical (unpaired) electrons. The van der Waals surface area contributed by atoms with E-state index in [0.29, 0.717) is 43.2 Å². The fraction of sp³-hybridized carbons (Fsp3) is 0.182. The quantitative estimate of drug-likeness (QED) is 0.725. The number of carbonyl (C=O) groups is 1. The molecule has 148 valence electrons. The number of rotatable bonds is 4. The van der Waals surface area contributed by atoms with Gasteiger partial charge in [-0.3, -0.25) is 9.78 Å². The molecule has 0 bridgehead atoms. The third-order valence-corrected chi connectivity index (χ3v) is 4.89. The summed E-state index contributed by atoms with van der Waals surface area (Å²) in [7, 11) is 0. The standard InChI is InChI=1S/C22H20F2N4O/c23-16-5-7-18(8-6-16)27-11-13-28(14-12-27)22(29)21-15-17(9-10-25-21)26-20-4-2-1-3-19(20)24/h1-10,15H,11-14H2,(H,25,26). The molecule has 1 aliphatic rings. The number of carbonyl (C=O) groups excluding carboxylic acids is 1. The Hall–Kier alpha value is -3.48. The van der Waals surface area contributed by atoms with Crippen molar-refractivity contribution in [1.82, 2.24) is 9.88 Å². The lowest BCUT2D eigenvalue weighted by Crippen LogP contribution is -2.49. The van der Waals surface area contributed by atoms with Gasteiger partial charge in [-0.25, -0.2) is 8.78 Å². The van der Waals surface area contributed by atoms with Crippen LogP contribution >= 0.6 is 0 Å². The van der Waals surface area contributed by atoms with E-state index in [-0.39, 0.29) is 17.5 Å². The molecule has 1 N–H and O–H groups in total.